The van der Waals surface area contributed by atoms with Gasteiger partial charge in [-0.1, -0.05) is 31.2 Å². The molecule has 1 N–H and O–H groups in total. The predicted molar refractivity (Wildman–Crippen MR) is 70.7 cm³/mol. The van der Waals surface area contributed by atoms with Crippen LogP contribution in [-0.4, -0.2) is 31.6 Å². The Balaban J connectivity index is 2.47. The van der Waals surface area contributed by atoms with Crippen LogP contribution >= 0.6 is 0 Å². The summed E-state index contributed by atoms with van der Waals surface area (Å²) in [5.74, 6) is 0. The van der Waals surface area contributed by atoms with Gasteiger partial charge in [-0.3, -0.25) is 0 Å². The smallest absolute Gasteiger partial charge is 0.0211 e. The molecule has 0 aliphatic heterocycles. The zero-order valence-corrected chi connectivity index (χ0v) is 11.0. The predicted octanol–water partition coefficient (Wildman–Crippen LogP) is 2.29. The summed E-state index contributed by atoms with van der Waals surface area (Å²) in [5, 5.41) is 3.56. The topological polar surface area (TPSA) is 15.3 Å². The highest BCUT2D eigenvalue weighted by molar-refractivity contribution is 5.26. The molecule has 0 bridgehead atoms. The molecule has 0 spiro atoms. The molecular formula is C14H24N2. The van der Waals surface area contributed by atoms with Gasteiger partial charge < -0.3 is 10.2 Å². The van der Waals surface area contributed by atoms with E-state index in [2.05, 4.69) is 62.4 Å². The summed E-state index contributed by atoms with van der Waals surface area (Å²) in [6.45, 7) is 6.49. The maximum absolute atomic E-state index is 3.56. The third-order valence-corrected chi connectivity index (χ3v) is 2.78. The molecule has 90 valence electrons. The molecule has 0 amide bonds. The Morgan fingerprint density at radius 1 is 1.19 bits per heavy atom. The van der Waals surface area contributed by atoms with Crippen LogP contribution in [0.2, 0.25) is 0 Å². The van der Waals surface area contributed by atoms with Gasteiger partial charge in [0.15, 0.2) is 0 Å². The van der Waals surface area contributed by atoms with E-state index in [1.165, 1.54) is 11.1 Å². The second-order valence-corrected chi connectivity index (χ2v) is 4.67. The fraction of sp³-hybridized carbons (Fsp3) is 0.571. The van der Waals surface area contributed by atoms with Crippen LogP contribution in [0.1, 0.15) is 25.0 Å². The van der Waals surface area contributed by atoms with Crippen molar-refractivity contribution >= 4 is 0 Å². The normalized spacial score (nSPS) is 13.1. The number of hydrogen-bond acceptors (Lipinski definition) is 2. The molecule has 0 fully saturated rings. The van der Waals surface area contributed by atoms with Gasteiger partial charge in [0, 0.05) is 19.1 Å². The number of likely N-dealkylation sites (N-methyl/N-ethyl adjacent to an activating group) is 1. The van der Waals surface area contributed by atoms with E-state index in [1.807, 2.05) is 0 Å². The summed E-state index contributed by atoms with van der Waals surface area (Å²) in [4.78, 5) is 2.21. The number of nitrogens with zero attached hydrogens (tertiary/aromatic N) is 1. The zero-order valence-electron chi connectivity index (χ0n) is 11.0. The standard InChI is InChI=1S/C14H24N2/c1-5-13-8-6-7-9-14(13)10-15-12(2)11-16(3)4/h6-9,12,15H,5,10-11H2,1-4H3. The second kappa shape index (κ2) is 6.66. The largest absolute Gasteiger partial charge is 0.309 e. The van der Waals surface area contributed by atoms with Crippen LogP contribution in [0, 0.1) is 0 Å². The highest BCUT2D eigenvalue weighted by atomic mass is 15.1. The van der Waals surface area contributed by atoms with E-state index >= 15 is 0 Å². The first kappa shape index (κ1) is 13.2. The molecule has 1 atom stereocenters. The Kier molecular flexibility index (Phi) is 5.50. The minimum absolute atomic E-state index is 0.528. The van der Waals surface area contributed by atoms with E-state index in [1.54, 1.807) is 0 Å². The summed E-state index contributed by atoms with van der Waals surface area (Å²) in [6.07, 6.45) is 1.11. The van der Waals surface area contributed by atoms with E-state index < -0.39 is 0 Å². The molecule has 0 aromatic heterocycles. The maximum Gasteiger partial charge on any atom is 0.0211 e. The number of nitrogens with one attached hydrogen (secondary N) is 1. The fourth-order valence-electron chi connectivity index (χ4n) is 1.97. The van der Waals surface area contributed by atoms with Gasteiger partial charge in [-0.2, -0.15) is 0 Å². The first-order valence-corrected chi connectivity index (χ1v) is 6.08. The van der Waals surface area contributed by atoms with Crippen molar-refractivity contribution in [1.29, 1.82) is 0 Å². The summed E-state index contributed by atoms with van der Waals surface area (Å²) < 4.78 is 0. The fourth-order valence-corrected chi connectivity index (χ4v) is 1.97. The minimum Gasteiger partial charge on any atom is -0.309 e. The van der Waals surface area contributed by atoms with Crippen molar-refractivity contribution in [3.8, 4) is 0 Å². The zero-order chi connectivity index (χ0) is 12.0. The molecule has 1 aromatic rings. The summed E-state index contributed by atoms with van der Waals surface area (Å²) in [7, 11) is 4.22. The van der Waals surface area contributed by atoms with Crippen molar-refractivity contribution in [3.63, 3.8) is 0 Å². The van der Waals surface area contributed by atoms with Gasteiger partial charge in [-0.05, 0) is 38.6 Å². The SMILES string of the molecule is CCc1ccccc1CNC(C)CN(C)C. The number of rotatable bonds is 6. The molecule has 0 saturated heterocycles. The van der Waals surface area contributed by atoms with E-state index in [9.17, 15) is 0 Å². The highest BCUT2D eigenvalue weighted by Crippen LogP contribution is 2.09. The number of benzene rings is 1. The summed E-state index contributed by atoms with van der Waals surface area (Å²) in [5.41, 5.74) is 2.88. The van der Waals surface area contributed by atoms with Crippen LogP contribution in [-0.2, 0) is 13.0 Å². The Bertz CT molecular complexity index is 307. The Labute approximate surface area is 99.7 Å². The van der Waals surface area contributed by atoms with Crippen LogP contribution in [0.4, 0.5) is 0 Å². The van der Waals surface area contributed by atoms with Crippen LogP contribution in [0.25, 0.3) is 0 Å². The lowest BCUT2D eigenvalue weighted by Gasteiger charge is -2.19. The Morgan fingerprint density at radius 2 is 1.81 bits per heavy atom. The second-order valence-electron chi connectivity index (χ2n) is 4.67. The number of hydrogen-bond donors (Lipinski definition) is 1. The van der Waals surface area contributed by atoms with Gasteiger partial charge in [0.1, 0.15) is 0 Å². The molecule has 0 saturated carbocycles. The van der Waals surface area contributed by atoms with Gasteiger partial charge in [-0.25, -0.2) is 0 Å². The summed E-state index contributed by atoms with van der Waals surface area (Å²) in [6, 6.07) is 9.19. The molecule has 1 rings (SSSR count). The molecular weight excluding hydrogens is 196 g/mol. The van der Waals surface area contributed by atoms with Crippen molar-refractivity contribution in [3.05, 3.63) is 35.4 Å². The molecule has 2 nitrogen and oxygen atoms in total. The van der Waals surface area contributed by atoms with Crippen LogP contribution in [0.5, 0.6) is 0 Å². The quantitative estimate of drug-likeness (QED) is 0.791. The maximum atomic E-state index is 3.56. The lowest BCUT2D eigenvalue weighted by atomic mass is 10.1. The molecule has 0 radical (unpaired) electrons. The van der Waals surface area contributed by atoms with Crippen molar-refractivity contribution in [2.75, 3.05) is 20.6 Å². The van der Waals surface area contributed by atoms with Gasteiger partial charge in [0.05, 0.1) is 0 Å². The minimum atomic E-state index is 0.528. The average molecular weight is 220 g/mol. The molecule has 2 heteroatoms. The lowest BCUT2D eigenvalue weighted by molar-refractivity contribution is 0.349. The van der Waals surface area contributed by atoms with E-state index in [4.69, 9.17) is 0 Å². The van der Waals surface area contributed by atoms with Gasteiger partial charge in [0.2, 0.25) is 0 Å². The van der Waals surface area contributed by atoms with Crippen molar-refractivity contribution in [1.82, 2.24) is 10.2 Å². The first-order chi connectivity index (χ1) is 7.63. The molecule has 16 heavy (non-hydrogen) atoms. The highest BCUT2D eigenvalue weighted by Gasteiger charge is 2.04. The van der Waals surface area contributed by atoms with E-state index in [-0.39, 0.29) is 0 Å². The third-order valence-electron chi connectivity index (χ3n) is 2.78. The molecule has 0 aliphatic rings. The van der Waals surface area contributed by atoms with E-state index in [0.29, 0.717) is 6.04 Å². The third kappa shape index (κ3) is 4.33. The summed E-state index contributed by atoms with van der Waals surface area (Å²) >= 11 is 0. The average Bonchev–Trinajstić information content (AvgIpc) is 2.26. The monoisotopic (exact) mass is 220 g/mol. The van der Waals surface area contributed by atoms with Crippen LogP contribution in [0.15, 0.2) is 24.3 Å². The molecule has 1 aromatic carbocycles. The Morgan fingerprint density at radius 3 is 2.38 bits per heavy atom. The first-order valence-electron chi connectivity index (χ1n) is 6.08. The van der Waals surface area contributed by atoms with Gasteiger partial charge in [-0.15, -0.1) is 0 Å². The number of aryl methyl sites for hydroxylation is 1. The van der Waals surface area contributed by atoms with E-state index in [0.717, 1.165) is 19.5 Å². The molecule has 0 aliphatic carbocycles. The van der Waals surface area contributed by atoms with Crippen LogP contribution < -0.4 is 5.32 Å². The van der Waals surface area contributed by atoms with Gasteiger partial charge >= 0.3 is 0 Å². The van der Waals surface area contributed by atoms with Crippen molar-refractivity contribution in [2.24, 2.45) is 0 Å². The van der Waals surface area contributed by atoms with Crippen molar-refractivity contribution < 1.29 is 0 Å². The lowest BCUT2D eigenvalue weighted by Crippen LogP contribution is -2.35. The van der Waals surface area contributed by atoms with Crippen LogP contribution in [0.3, 0.4) is 0 Å². The molecule has 1 unspecified atom stereocenters. The van der Waals surface area contributed by atoms with Crippen molar-refractivity contribution in [2.45, 2.75) is 32.9 Å². The van der Waals surface area contributed by atoms with Gasteiger partial charge in [0.25, 0.3) is 0 Å². The Hall–Kier alpha value is -0.860. The molecule has 0 heterocycles.